The normalized spacial score (nSPS) is 20.9. The number of nitrogens with zero attached hydrogens (tertiary/aromatic N) is 1. The molecule has 0 aromatic heterocycles. The lowest BCUT2D eigenvalue weighted by Crippen LogP contribution is -2.42. The first-order valence-electron chi connectivity index (χ1n) is 5.48. The van der Waals surface area contributed by atoms with Crippen LogP contribution in [0.4, 0.5) is 0 Å². The Bertz CT molecular complexity index is 208. The van der Waals surface area contributed by atoms with Crippen LogP contribution >= 0.6 is 0 Å². The molecular weight excluding hydrogens is 176 g/mol. The molecule has 1 aliphatic rings. The molecule has 0 aromatic carbocycles. The van der Waals surface area contributed by atoms with Gasteiger partial charge in [0.2, 0.25) is 0 Å². The molecule has 1 saturated carbocycles. The summed E-state index contributed by atoms with van der Waals surface area (Å²) in [5, 5.41) is 12.2. The zero-order valence-electron chi connectivity index (χ0n) is 9.18. The molecule has 1 fully saturated rings. The lowest BCUT2D eigenvalue weighted by Gasteiger charge is -2.28. The van der Waals surface area contributed by atoms with Gasteiger partial charge in [0, 0.05) is 13.0 Å². The molecule has 1 atom stereocenters. The molecule has 0 aliphatic heterocycles. The molecule has 3 heteroatoms. The van der Waals surface area contributed by atoms with Crippen molar-refractivity contribution < 1.29 is 4.74 Å². The van der Waals surface area contributed by atoms with Crippen LogP contribution in [0, 0.1) is 11.3 Å². The topological polar surface area (TPSA) is 45.0 Å². The Kier molecular flexibility index (Phi) is 4.37. The number of rotatable bonds is 6. The van der Waals surface area contributed by atoms with Crippen LogP contribution in [-0.4, -0.2) is 24.8 Å². The van der Waals surface area contributed by atoms with Crippen LogP contribution in [-0.2, 0) is 4.74 Å². The third kappa shape index (κ3) is 3.28. The van der Waals surface area contributed by atoms with Crippen LogP contribution in [0.5, 0.6) is 0 Å². The summed E-state index contributed by atoms with van der Waals surface area (Å²) in [4.78, 5) is 0. The Morgan fingerprint density at radius 1 is 1.57 bits per heavy atom. The highest BCUT2D eigenvalue weighted by Crippen LogP contribution is 2.22. The van der Waals surface area contributed by atoms with E-state index in [1.165, 1.54) is 19.3 Å². The highest BCUT2D eigenvalue weighted by Gasteiger charge is 2.24. The van der Waals surface area contributed by atoms with Crippen LogP contribution < -0.4 is 5.32 Å². The van der Waals surface area contributed by atoms with Gasteiger partial charge in [-0.3, -0.25) is 5.32 Å². The molecule has 0 heterocycles. The predicted molar refractivity (Wildman–Crippen MR) is 55.9 cm³/mol. The quantitative estimate of drug-likeness (QED) is 0.705. The largest absolute Gasteiger partial charge is 0.378 e. The van der Waals surface area contributed by atoms with E-state index in [4.69, 9.17) is 10.00 Å². The molecule has 0 radical (unpaired) electrons. The summed E-state index contributed by atoms with van der Waals surface area (Å²) in [6, 6.07) is 2.30. The summed E-state index contributed by atoms with van der Waals surface area (Å²) in [7, 11) is 0. The fourth-order valence-electron chi connectivity index (χ4n) is 1.54. The van der Waals surface area contributed by atoms with Crippen molar-refractivity contribution in [2.75, 3.05) is 13.2 Å². The van der Waals surface area contributed by atoms with E-state index < -0.39 is 5.54 Å². The molecule has 80 valence electrons. The molecular formula is C11H20N2O. The maximum absolute atomic E-state index is 8.98. The van der Waals surface area contributed by atoms with E-state index in [1.807, 2.05) is 13.8 Å². The van der Waals surface area contributed by atoms with Crippen molar-refractivity contribution in [2.45, 2.75) is 51.2 Å². The predicted octanol–water partition coefficient (Wildman–Crippen LogP) is 1.84. The molecule has 3 nitrogen and oxygen atoms in total. The summed E-state index contributed by atoms with van der Waals surface area (Å²) >= 11 is 0. The van der Waals surface area contributed by atoms with Crippen LogP contribution in [0.1, 0.15) is 39.5 Å². The minimum absolute atomic E-state index is 0.418. The van der Waals surface area contributed by atoms with Gasteiger partial charge in [0.25, 0.3) is 0 Å². The van der Waals surface area contributed by atoms with E-state index in [9.17, 15) is 0 Å². The van der Waals surface area contributed by atoms with Gasteiger partial charge in [-0.2, -0.15) is 5.26 Å². The molecule has 0 spiro atoms. The fourth-order valence-corrected chi connectivity index (χ4v) is 1.54. The molecule has 0 aromatic rings. The van der Waals surface area contributed by atoms with Crippen LogP contribution in [0.25, 0.3) is 0 Å². The van der Waals surface area contributed by atoms with Crippen molar-refractivity contribution in [1.82, 2.24) is 5.32 Å². The van der Waals surface area contributed by atoms with Gasteiger partial charge in [-0.05, 0) is 32.7 Å². The molecule has 1 rings (SSSR count). The van der Waals surface area contributed by atoms with Gasteiger partial charge in [0.1, 0.15) is 5.54 Å². The van der Waals surface area contributed by atoms with Crippen LogP contribution in [0.3, 0.4) is 0 Å². The summed E-state index contributed by atoms with van der Waals surface area (Å²) in [5.41, 5.74) is -0.418. The number of hydrogen-bond donors (Lipinski definition) is 1. The summed E-state index contributed by atoms with van der Waals surface area (Å²) in [5.74, 6) is 0. The fraction of sp³-hybridized carbons (Fsp3) is 0.909. The smallest absolute Gasteiger partial charge is 0.106 e. The molecule has 0 amide bonds. The monoisotopic (exact) mass is 196 g/mol. The highest BCUT2D eigenvalue weighted by atomic mass is 16.5. The molecule has 0 saturated heterocycles. The van der Waals surface area contributed by atoms with Gasteiger partial charge >= 0.3 is 0 Å². The lowest BCUT2D eigenvalue weighted by molar-refractivity contribution is -0.00384. The van der Waals surface area contributed by atoms with Crippen LogP contribution in [0.15, 0.2) is 0 Å². The maximum Gasteiger partial charge on any atom is 0.106 e. The average Bonchev–Trinajstić information content (AvgIpc) is 2.10. The second-order valence-corrected chi connectivity index (χ2v) is 4.15. The molecule has 14 heavy (non-hydrogen) atoms. The minimum Gasteiger partial charge on any atom is -0.378 e. The Morgan fingerprint density at radius 2 is 2.29 bits per heavy atom. The van der Waals surface area contributed by atoms with Crippen molar-refractivity contribution in [3.8, 4) is 6.07 Å². The Morgan fingerprint density at radius 3 is 2.71 bits per heavy atom. The molecule has 1 unspecified atom stereocenters. The summed E-state index contributed by atoms with van der Waals surface area (Å²) in [6.45, 7) is 5.47. The third-order valence-electron chi connectivity index (χ3n) is 2.82. The summed E-state index contributed by atoms with van der Waals surface area (Å²) < 4.78 is 5.63. The molecule has 1 N–H and O–H groups in total. The van der Waals surface area contributed by atoms with Gasteiger partial charge in [0.15, 0.2) is 0 Å². The molecule has 0 bridgehead atoms. The van der Waals surface area contributed by atoms with Crippen molar-refractivity contribution in [3.63, 3.8) is 0 Å². The first-order valence-corrected chi connectivity index (χ1v) is 5.48. The van der Waals surface area contributed by atoms with E-state index in [0.29, 0.717) is 12.7 Å². The van der Waals surface area contributed by atoms with Crippen molar-refractivity contribution in [1.29, 1.82) is 5.26 Å². The standard InChI is InChI=1S/C11H20N2O/c1-3-13-11(2,9-12)7-8-14-10-5-4-6-10/h10,13H,3-8H2,1-2H3. The first-order chi connectivity index (χ1) is 6.70. The minimum atomic E-state index is -0.418. The van der Waals surface area contributed by atoms with E-state index in [0.717, 1.165) is 13.0 Å². The van der Waals surface area contributed by atoms with E-state index >= 15 is 0 Å². The Labute approximate surface area is 86.4 Å². The molecule has 1 aliphatic carbocycles. The Balaban J connectivity index is 2.16. The maximum atomic E-state index is 8.98. The van der Waals surface area contributed by atoms with Gasteiger partial charge in [-0.1, -0.05) is 6.92 Å². The van der Waals surface area contributed by atoms with Gasteiger partial charge in [0.05, 0.1) is 12.2 Å². The zero-order valence-corrected chi connectivity index (χ0v) is 9.18. The van der Waals surface area contributed by atoms with Gasteiger partial charge in [-0.15, -0.1) is 0 Å². The highest BCUT2D eigenvalue weighted by molar-refractivity contribution is 5.03. The first kappa shape index (κ1) is 11.5. The van der Waals surface area contributed by atoms with E-state index in [2.05, 4.69) is 11.4 Å². The lowest BCUT2D eigenvalue weighted by atomic mass is 9.96. The number of nitriles is 1. The number of nitrogens with one attached hydrogen (secondary N) is 1. The number of hydrogen-bond acceptors (Lipinski definition) is 3. The van der Waals surface area contributed by atoms with E-state index in [-0.39, 0.29) is 0 Å². The van der Waals surface area contributed by atoms with Crippen molar-refractivity contribution >= 4 is 0 Å². The van der Waals surface area contributed by atoms with Gasteiger partial charge in [-0.25, -0.2) is 0 Å². The van der Waals surface area contributed by atoms with Crippen molar-refractivity contribution in [2.24, 2.45) is 0 Å². The zero-order chi connectivity index (χ0) is 10.4. The van der Waals surface area contributed by atoms with Crippen LogP contribution in [0.2, 0.25) is 0 Å². The average molecular weight is 196 g/mol. The van der Waals surface area contributed by atoms with Crippen molar-refractivity contribution in [3.05, 3.63) is 0 Å². The SMILES string of the molecule is CCNC(C)(C#N)CCOC1CCC1. The second kappa shape index (κ2) is 5.33. The van der Waals surface area contributed by atoms with Gasteiger partial charge < -0.3 is 4.74 Å². The summed E-state index contributed by atoms with van der Waals surface area (Å²) in [6.07, 6.45) is 4.94. The van der Waals surface area contributed by atoms with E-state index in [1.54, 1.807) is 0 Å². The number of ether oxygens (including phenoxy) is 1. The third-order valence-corrected chi connectivity index (χ3v) is 2.82. The Hall–Kier alpha value is -0.590. The second-order valence-electron chi connectivity index (χ2n) is 4.15.